The van der Waals surface area contributed by atoms with E-state index in [0.29, 0.717) is 56.4 Å². The zero-order valence-electron chi connectivity index (χ0n) is 20.8. The summed E-state index contributed by atoms with van der Waals surface area (Å²) in [5.41, 5.74) is 0.229. The van der Waals surface area contributed by atoms with Crippen LogP contribution in [0.2, 0.25) is 0 Å². The molecule has 3 amide bonds. The molecule has 1 unspecified atom stereocenters. The van der Waals surface area contributed by atoms with E-state index in [1.54, 1.807) is 29.2 Å². The van der Waals surface area contributed by atoms with Gasteiger partial charge in [0.25, 0.3) is 11.8 Å². The number of benzene rings is 1. The number of ether oxygens (including phenoxy) is 1. The van der Waals surface area contributed by atoms with Gasteiger partial charge in [0.05, 0.1) is 24.1 Å². The third-order valence-electron chi connectivity index (χ3n) is 6.76. The molecule has 2 aliphatic rings. The first kappa shape index (κ1) is 26.6. The number of hydrogen-bond donors (Lipinski definition) is 0. The molecule has 3 rings (SSSR count). The Morgan fingerprint density at radius 3 is 2.29 bits per heavy atom. The lowest BCUT2D eigenvalue weighted by atomic mass is 9.87. The molecular formula is C27H36N2O6. The highest BCUT2D eigenvalue weighted by Gasteiger charge is 2.39. The van der Waals surface area contributed by atoms with Gasteiger partial charge in [-0.1, -0.05) is 31.9 Å². The van der Waals surface area contributed by atoms with Crippen LogP contribution in [0.25, 0.3) is 0 Å². The lowest BCUT2D eigenvalue weighted by Crippen LogP contribution is -2.52. The van der Waals surface area contributed by atoms with Crippen LogP contribution in [0, 0.1) is 0 Å². The summed E-state index contributed by atoms with van der Waals surface area (Å²) >= 11 is 0. The SMILES string of the molecule is CCCC1(OC(=O)CCC(C)=O)CCCN(C(=O)CCCCCN2C(=O)c3ccccc3C2=O)C1. The molecule has 1 fully saturated rings. The van der Waals surface area contributed by atoms with Gasteiger partial charge >= 0.3 is 5.97 Å². The van der Waals surface area contributed by atoms with E-state index in [1.165, 1.54) is 11.8 Å². The Kier molecular flexibility index (Phi) is 9.18. The molecule has 0 radical (unpaired) electrons. The number of nitrogens with zero attached hydrogens (tertiary/aromatic N) is 2. The van der Waals surface area contributed by atoms with E-state index in [0.717, 1.165) is 25.7 Å². The summed E-state index contributed by atoms with van der Waals surface area (Å²) in [6.45, 7) is 4.86. The summed E-state index contributed by atoms with van der Waals surface area (Å²) in [6.07, 6.45) is 5.66. The number of ketones is 1. The van der Waals surface area contributed by atoms with Gasteiger partial charge < -0.3 is 14.4 Å². The molecule has 2 heterocycles. The monoisotopic (exact) mass is 484 g/mol. The van der Waals surface area contributed by atoms with Gasteiger partial charge in [-0.25, -0.2) is 0 Å². The number of hydrogen-bond acceptors (Lipinski definition) is 6. The molecule has 8 nitrogen and oxygen atoms in total. The van der Waals surface area contributed by atoms with Crippen molar-refractivity contribution in [3.63, 3.8) is 0 Å². The third kappa shape index (κ3) is 6.77. The number of Topliss-reactive ketones (excluding diaryl/α,β-unsaturated/α-hetero) is 1. The predicted octanol–water partition coefficient (Wildman–Crippen LogP) is 3.92. The summed E-state index contributed by atoms with van der Waals surface area (Å²) < 4.78 is 5.84. The first-order valence-electron chi connectivity index (χ1n) is 12.7. The number of esters is 1. The van der Waals surface area contributed by atoms with Crippen LogP contribution >= 0.6 is 0 Å². The van der Waals surface area contributed by atoms with Crippen molar-refractivity contribution in [3.8, 4) is 0 Å². The highest BCUT2D eigenvalue weighted by atomic mass is 16.6. The van der Waals surface area contributed by atoms with Gasteiger partial charge in [-0.15, -0.1) is 0 Å². The van der Waals surface area contributed by atoms with Crippen molar-refractivity contribution in [2.45, 2.75) is 83.7 Å². The number of rotatable bonds is 12. The molecule has 0 saturated carbocycles. The summed E-state index contributed by atoms with van der Waals surface area (Å²) in [4.78, 5) is 64.4. The van der Waals surface area contributed by atoms with Crippen LogP contribution in [0.5, 0.6) is 0 Å². The standard InChI is InChI=1S/C27H36N2O6/c1-3-15-27(35-24(32)14-13-20(2)30)16-9-17-28(19-27)23(31)12-5-4-8-18-29-25(33)21-10-6-7-11-22(21)26(29)34/h6-7,10-11H,3-5,8-9,12-19H2,1-2H3. The minimum atomic E-state index is -0.679. The maximum atomic E-state index is 12.9. The topological polar surface area (TPSA) is 101 Å². The first-order valence-corrected chi connectivity index (χ1v) is 12.7. The fourth-order valence-corrected chi connectivity index (χ4v) is 5.00. The van der Waals surface area contributed by atoms with Crippen molar-refractivity contribution in [1.82, 2.24) is 9.80 Å². The van der Waals surface area contributed by atoms with Crippen molar-refractivity contribution in [2.75, 3.05) is 19.6 Å². The minimum Gasteiger partial charge on any atom is -0.457 e. The number of carbonyl (C=O) groups is 5. The summed E-state index contributed by atoms with van der Waals surface area (Å²) in [6, 6.07) is 6.85. The van der Waals surface area contributed by atoms with Crippen molar-refractivity contribution < 1.29 is 28.7 Å². The molecule has 190 valence electrons. The van der Waals surface area contributed by atoms with E-state index < -0.39 is 5.60 Å². The van der Waals surface area contributed by atoms with E-state index in [-0.39, 0.29) is 42.3 Å². The molecule has 1 aromatic carbocycles. The van der Waals surface area contributed by atoms with Crippen molar-refractivity contribution >= 4 is 29.5 Å². The fourth-order valence-electron chi connectivity index (χ4n) is 5.00. The minimum absolute atomic E-state index is 0.0330. The fraction of sp³-hybridized carbons (Fsp3) is 0.593. The van der Waals surface area contributed by atoms with Crippen LogP contribution < -0.4 is 0 Å². The number of imide groups is 1. The third-order valence-corrected chi connectivity index (χ3v) is 6.76. The normalized spacial score (nSPS) is 19.6. The van der Waals surface area contributed by atoms with E-state index in [4.69, 9.17) is 4.74 Å². The largest absolute Gasteiger partial charge is 0.457 e. The second kappa shape index (κ2) is 12.1. The Bertz CT molecular complexity index is 935. The molecule has 0 bridgehead atoms. The lowest BCUT2D eigenvalue weighted by molar-refractivity contribution is -0.170. The smallest absolute Gasteiger partial charge is 0.306 e. The van der Waals surface area contributed by atoms with Crippen LogP contribution in [-0.4, -0.2) is 64.5 Å². The van der Waals surface area contributed by atoms with Crippen LogP contribution in [0.15, 0.2) is 24.3 Å². The number of likely N-dealkylation sites (tertiary alicyclic amines) is 1. The summed E-state index contributed by atoms with van der Waals surface area (Å²) in [5.74, 6) is -0.892. The van der Waals surface area contributed by atoms with Gasteiger partial charge in [-0.05, 0) is 51.2 Å². The number of piperidine rings is 1. The molecule has 1 aromatic rings. The Morgan fingerprint density at radius 1 is 0.971 bits per heavy atom. The number of fused-ring (bicyclic) bond motifs is 1. The summed E-state index contributed by atoms with van der Waals surface area (Å²) in [5, 5.41) is 0. The van der Waals surface area contributed by atoms with Crippen molar-refractivity contribution in [1.29, 1.82) is 0 Å². The quantitative estimate of drug-likeness (QED) is 0.253. The molecule has 0 N–H and O–H groups in total. The zero-order chi connectivity index (χ0) is 25.4. The highest BCUT2D eigenvalue weighted by molar-refractivity contribution is 6.21. The number of carbonyl (C=O) groups excluding carboxylic acids is 5. The van der Waals surface area contributed by atoms with Crippen molar-refractivity contribution in [2.24, 2.45) is 0 Å². The van der Waals surface area contributed by atoms with E-state index >= 15 is 0 Å². The maximum absolute atomic E-state index is 12.9. The molecule has 1 atom stereocenters. The molecular weight excluding hydrogens is 448 g/mol. The lowest BCUT2D eigenvalue weighted by Gasteiger charge is -2.42. The highest BCUT2D eigenvalue weighted by Crippen LogP contribution is 2.31. The van der Waals surface area contributed by atoms with E-state index in [2.05, 4.69) is 0 Å². The summed E-state index contributed by atoms with van der Waals surface area (Å²) in [7, 11) is 0. The predicted molar refractivity (Wildman–Crippen MR) is 130 cm³/mol. The Morgan fingerprint density at radius 2 is 1.66 bits per heavy atom. The molecule has 0 aromatic heterocycles. The van der Waals surface area contributed by atoms with Gasteiger partial charge in [-0.2, -0.15) is 0 Å². The Labute approximate surface area is 207 Å². The van der Waals surface area contributed by atoms with Gasteiger partial charge in [0.1, 0.15) is 11.4 Å². The van der Waals surface area contributed by atoms with Crippen molar-refractivity contribution in [3.05, 3.63) is 35.4 Å². The second-order valence-corrected chi connectivity index (χ2v) is 9.65. The molecule has 1 saturated heterocycles. The molecule has 2 aliphatic heterocycles. The van der Waals surface area contributed by atoms with Gasteiger partial charge in [0.15, 0.2) is 0 Å². The second-order valence-electron chi connectivity index (χ2n) is 9.65. The average Bonchev–Trinajstić information content (AvgIpc) is 3.07. The van der Waals surface area contributed by atoms with E-state index in [1.807, 2.05) is 6.92 Å². The van der Waals surface area contributed by atoms with Crippen LogP contribution in [0.4, 0.5) is 0 Å². The zero-order valence-corrected chi connectivity index (χ0v) is 20.8. The molecule has 35 heavy (non-hydrogen) atoms. The van der Waals surface area contributed by atoms with Crippen LogP contribution in [0.3, 0.4) is 0 Å². The molecule has 8 heteroatoms. The van der Waals surface area contributed by atoms with Gasteiger partial charge in [-0.3, -0.25) is 24.1 Å². The van der Waals surface area contributed by atoms with Crippen LogP contribution in [-0.2, 0) is 19.1 Å². The Balaban J connectivity index is 1.44. The van der Waals surface area contributed by atoms with Crippen LogP contribution in [0.1, 0.15) is 98.8 Å². The van der Waals surface area contributed by atoms with Gasteiger partial charge in [0, 0.05) is 25.9 Å². The van der Waals surface area contributed by atoms with E-state index in [9.17, 15) is 24.0 Å². The average molecular weight is 485 g/mol. The first-order chi connectivity index (χ1) is 16.8. The molecule has 0 spiro atoms. The maximum Gasteiger partial charge on any atom is 0.306 e. The molecule has 0 aliphatic carbocycles. The van der Waals surface area contributed by atoms with Gasteiger partial charge in [0.2, 0.25) is 5.91 Å². The Hall–Kier alpha value is -3.03. The number of amides is 3. The number of unbranched alkanes of at least 4 members (excludes halogenated alkanes) is 2.